The van der Waals surface area contributed by atoms with Crippen LogP contribution in [0.1, 0.15) is 37.9 Å². The maximum Gasteiger partial charge on any atom is 0.240 e. The number of rotatable bonds is 7. The molecule has 5 heteroatoms. The Morgan fingerprint density at radius 2 is 2.29 bits per heavy atom. The second-order valence-corrected chi connectivity index (χ2v) is 4.96. The summed E-state index contributed by atoms with van der Waals surface area (Å²) in [5.74, 6) is 1.92. The average molecular weight is 239 g/mol. The van der Waals surface area contributed by atoms with Gasteiger partial charge in [-0.3, -0.25) is 4.90 Å². The van der Waals surface area contributed by atoms with Crippen LogP contribution in [0, 0.1) is 5.92 Å². The van der Waals surface area contributed by atoms with E-state index in [1.807, 2.05) is 11.9 Å². The van der Waals surface area contributed by atoms with Crippen LogP contribution in [-0.2, 0) is 13.0 Å². The number of nitrogens with zero attached hydrogens (tertiary/aromatic N) is 3. The van der Waals surface area contributed by atoms with Gasteiger partial charge in [0.25, 0.3) is 0 Å². The molecule has 1 saturated carbocycles. The summed E-state index contributed by atoms with van der Waals surface area (Å²) in [6, 6.07) is 0. The van der Waals surface area contributed by atoms with Crippen molar-refractivity contribution in [1.82, 2.24) is 15.0 Å². The molecule has 1 fully saturated rings. The van der Waals surface area contributed by atoms with E-state index in [1.165, 1.54) is 0 Å². The van der Waals surface area contributed by atoms with E-state index >= 15 is 0 Å². The van der Waals surface area contributed by atoms with Gasteiger partial charge in [-0.15, -0.1) is 0 Å². The summed E-state index contributed by atoms with van der Waals surface area (Å²) in [6.45, 7) is 3.38. The molecule has 0 radical (unpaired) electrons. The third kappa shape index (κ3) is 3.78. The van der Waals surface area contributed by atoms with E-state index in [-0.39, 0.29) is 6.10 Å². The molecule has 0 saturated heterocycles. The van der Waals surface area contributed by atoms with Crippen molar-refractivity contribution in [3.8, 4) is 0 Å². The number of hydrogen-bond acceptors (Lipinski definition) is 5. The second-order valence-electron chi connectivity index (χ2n) is 4.96. The molecule has 0 spiro atoms. The zero-order valence-electron chi connectivity index (χ0n) is 10.6. The summed E-state index contributed by atoms with van der Waals surface area (Å²) in [4.78, 5) is 6.34. The van der Waals surface area contributed by atoms with Crippen LogP contribution in [0.15, 0.2) is 4.52 Å². The summed E-state index contributed by atoms with van der Waals surface area (Å²) in [5.41, 5.74) is 0. The van der Waals surface area contributed by atoms with Crippen molar-refractivity contribution in [1.29, 1.82) is 0 Å². The molecule has 1 heterocycles. The summed E-state index contributed by atoms with van der Waals surface area (Å²) in [6.07, 6.45) is 4.00. The molecule has 2 rings (SSSR count). The molecule has 0 aromatic carbocycles. The molecular weight excluding hydrogens is 218 g/mol. The standard InChI is InChI=1S/C12H21N3O2/c1-3-4-11-13-12(17-14-11)8-15(2)7-10(16)9-5-6-9/h9-10,16H,3-8H2,1-2H3. The average Bonchev–Trinajstić information content (AvgIpc) is 3.03. The van der Waals surface area contributed by atoms with Crippen molar-refractivity contribution in [3.05, 3.63) is 11.7 Å². The van der Waals surface area contributed by atoms with Crippen molar-refractivity contribution in [2.45, 2.75) is 45.3 Å². The first-order valence-corrected chi connectivity index (χ1v) is 6.37. The van der Waals surface area contributed by atoms with E-state index in [1.54, 1.807) is 0 Å². The highest BCUT2D eigenvalue weighted by Crippen LogP contribution is 2.32. The summed E-state index contributed by atoms with van der Waals surface area (Å²) >= 11 is 0. The van der Waals surface area contributed by atoms with Crippen molar-refractivity contribution in [2.75, 3.05) is 13.6 Å². The number of likely N-dealkylation sites (N-methyl/N-ethyl adjacent to an activating group) is 1. The molecule has 1 aromatic rings. The lowest BCUT2D eigenvalue weighted by Crippen LogP contribution is -2.30. The third-order valence-electron chi connectivity index (χ3n) is 3.05. The first-order chi connectivity index (χ1) is 8.19. The minimum Gasteiger partial charge on any atom is -0.392 e. The highest BCUT2D eigenvalue weighted by molar-refractivity contribution is 4.87. The fraction of sp³-hybridized carbons (Fsp3) is 0.833. The smallest absolute Gasteiger partial charge is 0.240 e. The lowest BCUT2D eigenvalue weighted by atomic mass is 10.2. The van der Waals surface area contributed by atoms with E-state index < -0.39 is 0 Å². The van der Waals surface area contributed by atoms with Gasteiger partial charge >= 0.3 is 0 Å². The number of aryl methyl sites for hydroxylation is 1. The fourth-order valence-electron chi connectivity index (χ4n) is 1.92. The van der Waals surface area contributed by atoms with Crippen LogP contribution < -0.4 is 0 Å². The molecule has 17 heavy (non-hydrogen) atoms. The largest absolute Gasteiger partial charge is 0.392 e. The van der Waals surface area contributed by atoms with E-state index in [9.17, 15) is 5.11 Å². The SMILES string of the molecule is CCCc1noc(CN(C)CC(O)C2CC2)n1. The Labute approximate surface area is 102 Å². The maximum absolute atomic E-state index is 9.82. The number of aliphatic hydroxyl groups is 1. The van der Waals surface area contributed by atoms with Gasteiger partial charge in [0.2, 0.25) is 5.89 Å². The molecule has 1 unspecified atom stereocenters. The molecule has 1 atom stereocenters. The molecule has 1 aromatic heterocycles. The van der Waals surface area contributed by atoms with E-state index in [4.69, 9.17) is 4.52 Å². The van der Waals surface area contributed by atoms with Gasteiger partial charge in [-0.1, -0.05) is 12.1 Å². The van der Waals surface area contributed by atoms with Crippen molar-refractivity contribution in [3.63, 3.8) is 0 Å². The van der Waals surface area contributed by atoms with Crippen LogP contribution in [0.4, 0.5) is 0 Å². The van der Waals surface area contributed by atoms with Gasteiger partial charge in [-0.25, -0.2) is 0 Å². The van der Waals surface area contributed by atoms with Crippen LogP contribution in [0.2, 0.25) is 0 Å². The summed E-state index contributed by atoms with van der Waals surface area (Å²) in [5, 5.41) is 13.7. The monoisotopic (exact) mass is 239 g/mol. The van der Waals surface area contributed by atoms with Crippen LogP contribution in [0.25, 0.3) is 0 Å². The van der Waals surface area contributed by atoms with Crippen molar-refractivity contribution >= 4 is 0 Å². The van der Waals surface area contributed by atoms with E-state index in [2.05, 4.69) is 17.1 Å². The molecule has 0 bridgehead atoms. The fourth-order valence-corrected chi connectivity index (χ4v) is 1.92. The quantitative estimate of drug-likeness (QED) is 0.775. The van der Waals surface area contributed by atoms with Gasteiger partial charge in [0.05, 0.1) is 12.6 Å². The Kier molecular flexibility index (Phi) is 4.12. The van der Waals surface area contributed by atoms with Gasteiger partial charge < -0.3 is 9.63 Å². The highest BCUT2D eigenvalue weighted by atomic mass is 16.5. The number of aromatic nitrogens is 2. The maximum atomic E-state index is 9.82. The van der Waals surface area contributed by atoms with Crippen molar-refractivity contribution in [2.24, 2.45) is 5.92 Å². The Hall–Kier alpha value is -0.940. The number of aliphatic hydroxyl groups excluding tert-OH is 1. The van der Waals surface area contributed by atoms with Crippen LogP contribution in [0.3, 0.4) is 0 Å². The zero-order valence-corrected chi connectivity index (χ0v) is 10.6. The Morgan fingerprint density at radius 1 is 1.53 bits per heavy atom. The van der Waals surface area contributed by atoms with Crippen LogP contribution in [-0.4, -0.2) is 39.8 Å². The van der Waals surface area contributed by atoms with Gasteiger partial charge in [0.15, 0.2) is 5.82 Å². The topological polar surface area (TPSA) is 62.4 Å². The molecular formula is C12H21N3O2. The Morgan fingerprint density at radius 3 is 2.94 bits per heavy atom. The lowest BCUT2D eigenvalue weighted by molar-refractivity contribution is 0.0992. The van der Waals surface area contributed by atoms with Gasteiger partial charge in [0.1, 0.15) is 0 Å². The predicted octanol–water partition coefficient (Wildman–Crippen LogP) is 1.22. The first-order valence-electron chi connectivity index (χ1n) is 6.37. The van der Waals surface area contributed by atoms with Crippen LogP contribution >= 0.6 is 0 Å². The number of hydrogen-bond donors (Lipinski definition) is 1. The Balaban J connectivity index is 1.77. The first kappa shape index (κ1) is 12.5. The lowest BCUT2D eigenvalue weighted by Gasteiger charge is -2.18. The van der Waals surface area contributed by atoms with E-state index in [0.717, 1.165) is 31.5 Å². The molecule has 0 amide bonds. The minimum absolute atomic E-state index is 0.210. The van der Waals surface area contributed by atoms with Gasteiger partial charge in [-0.05, 0) is 32.2 Å². The molecule has 96 valence electrons. The van der Waals surface area contributed by atoms with Gasteiger partial charge in [0, 0.05) is 13.0 Å². The van der Waals surface area contributed by atoms with E-state index in [0.29, 0.717) is 24.9 Å². The van der Waals surface area contributed by atoms with Crippen LogP contribution in [0.5, 0.6) is 0 Å². The molecule has 1 N–H and O–H groups in total. The second kappa shape index (κ2) is 5.60. The third-order valence-corrected chi connectivity index (χ3v) is 3.05. The Bertz CT molecular complexity index is 349. The van der Waals surface area contributed by atoms with Crippen molar-refractivity contribution < 1.29 is 9.63 Å². The predicted molar refractivity (Wildman–Crippen MR) is 63.4 cm³/mol. The molecule has 5 nitrogen and oxygen atoms in total. The molecule has 1 aliphatic rings. The molecule has 1 aliphatic carbocycles. The normalized spacial score (nSPS) is 17.6. The summed E-state index contributed by atoms with van der Waals surface area (Å²) in [7, 11) is 1.97. The minimum atomic E-state index is -0.210. The molecule has 0 aliphatic heterocycles. The summed E-state index contributed by atoms with van der Waals surface area (Å²) < 4.78 is 5.16. The van der Waals surface area contributed by atoms with Gasteiger partial charge in [-0.2, -0.15) is 4.98 Å². The zero-order chi connectivity index (χ0) is 12.3. The highest BCUT2D eigenvalue weighted by Gasteiger charge is 2.30.